The Bertz CT molecular complexity index is 1200. The monoisotopic (exact) mass is 495 g/mol. The Balaban J connectivity index is 1.55. The van der Waals surface area contributed by atoms with Crippen molar-refractivity contribution in [2.45, 2.75) is 58.1 Å². The first-order valence-corrected chi connectivity index (χ1v) is 12.7. The van der Waals surface area contributed by atoms with E-state index in [1.165, 1.54) is 6.07 Å². The van der Waals surface area contributed by atoms with E-state index in [1.807, 2.05) is 42.2 Å². The van der Waals surface area contributed by atoms with Gasteiger partial charge >= 0.3 is 0 Å². The van der Waals surface area contributed by atoms with Gasteiger partial charge in [-0.05, 0) is 56.4 Å². The number of hydrogen-bond acceptors (Lipinski definition) is 4. The Morgan fingerprint density at radius 1 is 1.14 bits per heavy atom. The fourth-order valence-corrected chi connectivity index (χ4v) is 4.80. The second-order valence-electron chi connectivity index (χ2n) is 9.49. The minimum absolute atomic E-state index is 0.00202. The van der Waals surface area contributed by atoms with Crippen LogP contribution in [0.2, 0.25) is 0 Å². The van der Waals surface area contributed by atoms with Crippen LogP contribution in [0, 0.1) is 17.6 Å². The van der Waals surface area contributed by atoms with Crippen molar-refractivity contribution in [1.82, 2.24) is 14.7 Å². The standard InChI is InChI=1S/C28H31F2N3O3/c1-2-25-23(18-32(17-22-12-7-15-35-22)27(34)19-8-6-9-19)28(33(31-25)21-10-4-3-5-11-21)36-26-14-13-20(29)16-24(26)30/h3-5,10-11,13-14,16,19,22H,2,6-9,12,15,17-18H2,1H3/t22-/m1/s1. The summed E-state index contributed by atoms with van der Waals surface area (Å²) in [5.41, 5.74) is 2.22. The zero-order valence-corrected chi connectivity index (χ0v) is 20.5. The number of carbonyl (C=O) groups is 1. The normalized spacial score (nSPS) is 17.7. The van der Waals surface area contributed by atoms with Crippen LogP contribution in [0.15, 0.2) is 48.5 Å². The highest BCUT2D eigenvalue weighted by Gasteiger charge is 2.33. The van der Waals surface area contributed by atoms with Crippen LogP contribution in [0.4, 0.5) is 8.78 Å². The topological polar surface area (TPSA) is 56.6 Å². The molecule has 36 heavy (non-hydrogen) atoms. The molecule has 0 radical (unpaired) electrons. The molecule has 1 aliphatic heterocycles. The van der Waals surface area contributed by atoms with Gasteiger partial charge in [0.15, 0.2) is 11.6 Å². The van der Waals surface area contributed by atoms with Crippen molar-refractivity contribution >= 4 is 5.91 Å². The second-order valence-corrected chi connectivity index (χ2v) is 9.49. The predicted molar refractivity (Wildman–Crippen MR) is 131 cm³/mol. The van der Waals surface area contributed by atoms with Crippen LogP contribution in [0.3, 0.4) is 0 Å². The lowest BCUT2D eigenvalue weighted by Gasteiger charge is -2.33. The molecule has 1 atom stereocenters. The maximum Gasteiger partial charge on any atom is 0.228 e. The van der Waals surface area contributed by atoms with E-state index < -0.39 is 11.6 Å². The first-order valence-electron chi connectivity index (χ1n) is 12.7. The van der Waals surface area contributed by atoms with Gasteiger partial charge in [0, 0.05) is 25.1 Å². The molecular weight excluding hydrogens is 464 g/mol. The summed E-state index contributed by atoms with van der Waals surface area (Å²) >= 11 is 0. The number of nitrogens with zero attached hydrogens (tertiary/aromatic N) is 3. The second kappa shape index (κ2) is 10.8. The van der Waals surface area contributed by atoms with Crippen molar-refractivity contribution in [3.05, 3.63) is 71.4 Å². The zero-order chi connectivity index (χ0) is 25.1. The van der Waals surface area contributed by atoms with Crippen LogP contribution < -0.4 is 4.74 Å². The molecule has 0 unspecified atom stereocenters. The SMILES string of the molecule is CCc1nn(-c2ccccc2)c(Oc2ccc(F)cc2F)c1CN(C[C@H]1CCCO1)C(=O)C1CCC1. The average Bonchev–Trinajstić information content (AvgIpc) is 3.48. The molecule has 1 aromatic heterocycles. The molecule has 2 aromatic carbocycles. The van der Waals surface area contributed by atoms with Crippen LogP contribution in [-0.2, 0) is 22.5 Å². The summed E-state index contributed by atoms with van der Waals surface area (Å²) < 4.78 is 41.8. The molecule has 1 amide bonds. The Labute approximate surface area is 209 Å². The molecule has 0 N–H and O–H groups in total. The van der Waals surface area contributed by atoms with Gasteiger partial charge in [0.25, 0.3) is 0 Å². The van der Waals surface area contributed by atoms with Crippen LogP contribution in [-0.4, -0.2) is 39.8 Å². The summed E-state index contributed by atoms with van der Waals surface area (Å²) in [5, 5.41) is 4.79. The molecule has 1 saturated carbocycles. The van der Waals surface area contributed by atoms with Gasteiger partial charge in [0.05, 0.1) is 29.6 Å². The van der Waals surface area contributed by atoms with E-state index in [2.05, 4.69) is 0 Å². The molecule has 1 saturated heterocycles. The minimum Gasteiger partial charge on any atom is -0.435 e. The molecule has 2 fully saturated rings. The lowest BCUT2D eigenvalue weighted by molar-refractivity contribution is -0.140. The highest BCUT2D eigenvalue weighted by atomic mass is 19.1. The first-order chi connectivity index (χ1) is 17.5. The van der Waals surface area contributed by atoms with Crippen molar-refractivity contribution in [3.63, 3.8) is 0 Å². The van der Waals surface area contributed by atoms with Crippen LogP contribution in [0.25, 0.3) is 5.69 Å². The van der Waals surface area contributed by atoms with E-state index in [9.17, 15) is 13.6 Å². The van der Waals surface area contributed by atoms with E-state index in [1.54, 1.807) is 4.68 Å². The summed E-state index contributed by atoms with van der Waals surface area (Å²) in [6, 6.07) is 12.7. The van der Waals surface area contributed by atoms with Crippen molar-refractivity contribution in [2.24, 2.45) is 5.92 Å². The van der Waals surface area contributed by atoms with Gasteiger partial charge in [-0.25, -0.2) is 13.5 Å². The first kappa shape index (κ1) is 24.4. The Morgan fingerprint density at radius 3 is 2.58 bits per heavy atom. The van der Waals surface area contributed by atoms with Crippen LogP contribution >= 0.6 is 0 Å². The van der Waals surface area contributed by atoms with Crippen molar-refractivity contribution in [1.29, 1.82) is 0 Å². The van der Waals surface area contributed by atoms with Gasteiger partial charge in [0.1, 0.15) is 5.82 Å². The number of benzene rings is 2. The van der Waals surface area contributed by atoms with E-state index in [4.69, 9.17) is 14.6 Å². The van der Waals surface area contributed by atoms with Gasteiger partial charge in [-0.2, -0.15) is 5.10 Å². The third kappa shape index (κ3) is 5.14. The summed E-state index contributed by atoms with van der Waals surface area (Å²) in [6.07, 6.45) is 5.37. The molecule has 5 rings (SSSR count). The number of carbonyl (C=O) groups excluding carboxylic acids is 1. The maximum absolute atomic E-state index is 14.6. The molecule has 0 bridgehead atoms. The summed E-state index contributed by atoms with van der Waals surface area (Å²) in [6.45, 7) is 3.48. The molecule has 2 heterocycles. The maximum atomic E-state index is 14.6. The largest absolute Gasteiger partial charge is 0.435 e. The minimum atomic E-state index is -0.804. The molecule has 1 aliphatic carbocycles. The van der Waals surface area contributed by atoms with E-state index in [0.717, 1.165) is 61.2 Å². The van der Waals surface area contributed by atoms with Crippen molar-refractivity contribution in [3.8, 4) is 17.3 Å². The van der Waals surface area contributed by atoms with E-state index in [-0.39, 0.29) is 30.2 Å². The highest BCUT2D eigenvalue weighted by molar-refractivity contribution is 5.79. The molecule has 6 nitrogen and oxygen atoms in total. The third-order valence-electron chi connectivity index (χ3n) is 7.02. The molecular formula is C28H31F2N3O3. The molecule has 3 aromatic rings. The average molecular weight is 496 g/mol. The molecule has 190 valence electrons. The number of ether oxygens (including phenoxy) is 2. The smallest absolute Gasteiger partial charge is 0.228 e. The fourth-order valence-electron chi connectivity index (χ4n) is 4.80. The Kier molecular flexibility index (Phi) is 7.32. The third-order valence-corrected chi connectivity index (χ3v) is 7.02. The molecule has 2 aliphatic rings. The van der Waals surface area contributed by atoms with Crippen molar-refractivity contribution in [2.75, 3.05) is 13.2 Å². The lowest BCUT2D eigenvalue weighted by Crippen LogP contribution is -2.42. The fraction of sp³-hybridized carbons (Fsp3) is 0.429. The summed E-state index contributed by atoms with van der Waals surface area (Å²) in [4.78, 5) is 15.3. The molecule has 0 spiro atoms. The van der Waals surface area contributed by atoms with E-state index in [0.29, 0.717) is 25.5 Å². The lowest BCUT2D eigenvalue weighted by atomic mass is 9.84. The zero-order valence-electron chi connectivity index (χ0n) is 20.5. The van der Waals surface area contributed by atoms with Crippen molar-refractivity contribution < 1.29 is 23.0 Å². The highest BCUT2D eigenvalue weighted by Crippen LogP contribution is 2.35. The predicted octanol–water partition coefficient (Wildman–Crippen LogP) is 5.81. The van der Waals surface area contributed by atoms with Gasteiger partial charge < -0.3 is 14.4 Å². The number of aromatic nitrogens is 2. The van der Waals surface area contributed by atoms with Gasteiger partial charge in [0.2, 0.25) is 11.8 Å². The van der Waals surface area contributed by atoms with Crippen LogP contribution in [0.1, 0.15) is 50.3 Å². The van der Waals surface area contributed by atoms with Gasteiger partial charge in [-0.1, -0.05) is 31.5 Å². The number of aryl methyl sites for hydroxylation is 1. The van der Waals surface area contributed by atoms with Gasteiger partial charge in [-0.15, -0.1) is 0 Å². The quantitative estimate of drug-likeness (QED) is 0.376. The Hall–Kier alpha value is -3.26. The number of halogens is 2. The Morgan fingerprint density at radius 2 is 1.94 bits per heavy atom. The number of hydrogen-bond donors (Lipinski definition) is 0. The summed E-state index contributed by atoms with van der Waals surface area (Å²) in [7, 11) is 0. The number of amides is 1. The molecule has 8 heteroatoms. The van der Waals surface area contributed by atoms with Gasteiger partial charge in [-0.3, -0.25) is 4.79 Å². The van der Waals surface area contributed by atoms with E-state index >= 15 is 0 Å². The van der Waals surface area contributed by atoms with Crippen LogP contribution in [0.5, 0.6) is 11.6 Å². The number of para-hydroxylation sites is 1. The summed E-state index contributed by atoms with van der Waals surface area (Å²) in [5.74, 6) is -1.12. The number of rotatable bonds is 9.